The first-order chi connectivity index (χ1) is 5.69. The van der Waals surface area contributed by atoms with Gasteiger partial charge in [-0.15, -0.1) is 0 Å². The molecule has 1 aliphatic rings. The summed E-state index contributed by atoms with van der Waals surface area (Å²) in [5, 5.41) is 10.2. The summed E-state index contributed by atoms with van der Waals surface area (Å²) in [6.07, 6.45) is 2.50. The van der Waals surface area contributed by atoms with Gasteiger partial charge in [0.2, 0.25) is 0 Å². The number of hydrogen-bond donors (Lipinski definition) is 2. The van der Waals surface area contributed by atoms with Gasteiger partial charge in [0, 0.05) is 13.2 Å². The molecule has 0 radical (unpaired) electrons. The van der Waals surface area contributed by atoms with E-state index in [-0.39, 0.29) is 5.92 Å². The first-order valence-electron chi connectivity index (χ1n) is 4.69. The van der Waals surface area contributed by atoms with Gasteiger partial charge in [0.1, 0.15) is 0 Å². The molecule has 1 aliphatic heterocycles. The molecule has 0 bridgehead atoms. The van der Waals surface area contributed by atoms with E-state index in [2.05, 4.69) is 0 Å². The van der Waals surface area contributed by atoms with E-state index < -0.39 is 5.60 Å². The molecule has 0 saturated carbocycles. The normalized spacial score (nSPS) is 34.2. The zero-order chi connectivity index (χ0) is 9.03. The summed E-state index contributed by atoms with van der Waals surface area (Å²) in [5.74, 6) is 0.180. The lowest BCUT2D eigenvalue weighted by atomic mass is 9.83. The molecule has 1 saturated heterocycles. The van der Waals surface area contributed by atoms with Crippen LogP contribution < -0.4 is 5.73 Å². The molecule has 0 aliphatic carbocycles. The van der Waals surface area contributed by atoms with Gasteiger partial charge in [-0.1, -0.05) is 6.92 Å². The fraction of sp³-hybridized carbons (Fsp3) is 1.00. The van der Waals surface area contributed by atoms with Crippen molar-refractivity contribution in [1.29, 1.82) is 0 Å². The van der Waals surface area contributed by atoms with Crippen molar-refractivity contribution in [2.24, 2.45) is 11.7 Å². The van der Waals surface area contributed by atoms with Crippen LogP contribution in [-0.4, -0.2) is 30.5 Å². The fourth-order valence-electron chi connectivity index (χ4n) is 1.67. The lowest BCUT2D eigenvalue weighted by molar-refractivity contribution is -0.0257. The van der Waals surface area contributed by atoms with E-state index in [9.17, 15) is 5.11 Å². The van der Waals surface area contributed by atoms with Gasteiger partial charge in [-0.3, -0.25) is 0 Å². The highest BCUT2D eigenvalue weighted by Crippen LogP contribution is 2.28. The third kappa shape index (κ3) is 2.19. The van der Waals surface area contributed by atoms with Crippen LogP contribution in [0, 0.1) is 5.92 Å². The molecule has 1 rings (SSSR count). The molecule has 0 amide bonds. The summed E-state index contributed by atoms with van der Waals surface area (Å²) in [6.45, 7) is 4.00. The Kier molecular flexibility index (Phi) is 3.50. The van der Waals surface area contributed by atoms with Crippen LogP contribution >= 0.6 is 0 Å². The summed E-state index contributed by atoms with van der Waals surface area (Å²) in [7, 11) is 0. The molecule has 1 fully saturated rings. The Balaban J connectivity index is 2.53. The van der Waals surface area contributed by atoms with Crippen molar-refractivity contribution >= 4 is 0 Å². The molecule has 1 heterocycles. The van der Waals surface area contributed by atoms with Gasteiger partial charge in [0.15, 0.2) is 0 Å². The molecular weight excluding hydrogens is 154 g/mol. The van der Waals surface area contributed by atoms with Gasteiger partial charge in [0.25, 0.3) is 0 Å². The van der Waals surface area contributed by atoms with Crippen molar-refractivity contribution in [1.82, 2.24) is 0 Å². The van der Waals surface area contributed by atoms with E-state index in [4.69, 9.17) is 10.5 Å². The zero-order valence-corrected chi connectivity index (χ0v) is 7.75. The first-order valence-corrected chi connectivity index (χ1v) is 4.69. The minimum absolute atomic E-state index is 0.180. The number of hydrogen-bond acceptors (Lipinski definition) is 3. The van der Waals surface area contributed by atoms with Crippen LogP contribution in [0.1, 0.15) is 26.2 Å². The van der Waals surface area contributed by atoms with Crippen molar-refractivity contribution in [3.8, 4) is 0 Å². The van der Waals surface area contributed by atoms with Crippen LogP contribution in [0.3, 0.4) is 0 Å². The molecule has 72 valence electrons. The van der Waals surface area contributed by atoms with Crippen LogP contribution in [0.15, 0.2) is 0 Å². The second-order valence-electron chi connectivity index (χ2n) is 3.71. The lowest BCUT2D eigenvalue weighted by Crippen LogP contribution is -2.40. The highest BCUT2D eigenvalue weighted by Gasteiger charge is 2.33. The van der Waals surface area contributed by atoms with E-state index in [0.717, 1.165) is 25.9 Å². The highest BCUT2D eigenvalue weighted by molar-refractivity contribution is 4.85. The lowest BCUT2D eigenvalue weighted by Gasteiger charge is -2.31. The quantitative estimate of drug-likeness (QED) is 0.640. The molecule has 3 heteroatoms. The van der Waals surface area contributed by atoms with E-state index in [1.807, 2.05) is 6.92 Å². The molecule has 12 heavy (non-hydrogen) atoms. The summed E-state index contributed by atoms with van der Waals surface area (Å²) in [5.41, 5.74) is 4.96. The van der Waals surface area contributed by atoms with E-state index in [1.165, 1.54) is 0 Å². The van der Waals surface area contributed by atoms with Gasteiger partial charge in [0.05, 0.1) is 5.60 Å². The Bertz CT molecular complexity index is 130. The summed E-state index contributed by atoms with van der Waals surface area (Å²) in [4.78, 5) is 0. The third-order valence-electron chi connectivity index (χ3n) is 2.85. The van der Waals surface area contributed by atoms with Crippen molar-refractivity contribution < 1.29 is 9.84 Å². The molecule has 0 aromatic heterocycles. The van der Waals surface area contributed by atoms with Gasteiger partial charge in [-0.05, 0) is 31.7 Å². The van der Waals surface area contributed by atoms with Gasteiger partial charge in [-0.25, -0.2) is 0 Å². The average Bonchev–Trinajstić information content (AvgIpc) is 2.29. The van der Waals surface area contributed by atoms with E-state index >= 15 is 0 Å². The van der Waals surface area contributed by atoms with Crippen LogP contribution in [-0.2, 0) is 4.74 Å². The molecule has 0 aromatic carbocycles. The number of nitrogens with two attached hydrogens (primary N) is 1. The Morgan fingerprint density at radius 3 is 2.92 bits per heavy atom. The van der Waals surface area contributed by atoms with Gasteiger partial charge < -0.3 is 15.6 Å². The van der Waals surface area contributed by atoms with Gasteiger partial charge >= 0.3 is 0 Å². The summed E-state index contributed by atoms with van der Waals surface area (Å²) in [6, 6.07) is 0. The Hall–Kier alpha value is -0.120. The molecule has 3 N–H and O–H groups in total. The molecule has 2 unspecified atom stereocenters. The average molecular weight is 173 g/mol. The van der Waals surface area contributed by atoms with Gasteiger partial charge in [-0.2, -0.15) is 0 Å². The van der Waals surface area contributed by atoms with Crippen molar-refractivity contribution in [3.63, 3.8) is 0 Å². The number of ether oxygens (including phenoxy) is 1. The highest BCUT2D eigenvalue weighted by atomic mass is 16.5. The van der Waals surface area contributed by atoms with Crippen molar-refractivity contribution in [2.45, 2.75) is 31.8 Å². The Morgan fingerprint density at radius 2 is 2.25 bits per heavy atom. The molecule has 3 nitrogen and oxygen atoms in total. The third-order valence-corrected chi connectivity index (χ3v) is 2.85. The second kappa shape index (κ2) is 4.21. The van der Waals surface area contributed by atoms with Crippen LogP contribution in [0.4, 0.5) is 0 Å². The molecule has 0 spiro atoms. The SMILES string of the molecule is CC(CN)C1(O)CCCOCC1. The van der Waals surface area contributed by atoms with E-state index in [1.54, 1.807) is 0 Å². The number of aliphatic hydroxyl groups is 1. The van der Waals surface area contributed by atoms with Crippen LogP contribution in [0.2, 0.25) is 0 Å². The number of rotatable bonds is 2. The summed E-state index contributed by atoms with van der Waals surface area (Å²) >= 11 is 0. The minimum atomic E-state index is -0.578. The monoisotopic (exact) mass is 173 g/mol. The molecule has 2 atom stereocenters. The molecular formula is C9H19NO2. The Labute approximate surface area is 73.9 Å². The van der Waals surface area contributed by atoms with Crippen LogP contribution in [0.5, 0.6) is 0 Å². The fourth-order valence-corrected chi connectivity index (χ4v) is 1.67. The largest absolute Gasteiger partial charge is 0.389 e. The topological polar surface area (TPSA) is 55.5 Å². The first kappa shape index (κ1) is 9.96. The Morgan fingerprint density at radius 1 is 1.50 bits per heavy atom. The maximum Gasteiger partial charge on any atom is 0.0708 e. The van der Waals surface area contributed by atoms with Crippen molar-refractivity contribution in [2.75, 3.05) is 19.8 Å². The minimum Gasteiger partial charge on any atom is -0.389 e. The van der Waals surface area contributed by atoms with Crippen LogP contribution in [0.25, 0.3) is 0 Å². The molecule has 0 aromatic rings. The summed E-state index contributed by atoms with van der Waals surface area (Å²) < 4.78 is 5.28. The maximum absolute atomic E-state index is 10.2. The smallest absolute Gasteiger partial charge is 0.0708 e. The predicted octanol–water partition coefficient (Wildman–Crippen LogP) is 0.513. The van der Waals surface area contributed by atoms with E-state index in [0.29, 0.717) is 13.2 Å². The zero-order valence-electron chi connectivity index (χ0n) is 7.75. The van der Waals surface area contributed by atoms with Crippen molar-refractivity contribution in [3.05, 3.63) is 0 Å². The maximum atomic E-state index is 10.2. The predicted molar refractivity (Wildman–Crippen MR) is 47.8 cm³/mol. The second-order valence-corrected chi connectivity index (χ2v) is 3.71. The standard InChI is InChI=1S/C9H19NO2/c1-8(7-10)9(11)3-2-5-12-6-4-9/h8,11H,2-7,10H2,1H3.